The Hall–Kier alpha value is -2.41. The first-order valence-electron chi connectivity index (χ1n) is 9.76. The molecule has 1 aliphatic rings. The fraction of sp³-hybridized carbons (Fsp3) is 0.524. The van der Waals surface area contributed by atoms with Gasteiger partial charge in [-0.2, -0.15) is 0 Å². The smallest absolute Gasteiger partial charge is 0.226 e. The van der Waals surface area contributed by atoms with Crippen LogP contribution >= 0.6 is 0 Å². The van der Waals surface area contributed by atoms with Crippen LogP contribution in [0.2, 0.25) is 0 Å². The summed E-state index contributed by atoms with van der Waals surface area (Å²) in [7, 11) is 1.44. The van der Waals surface area contributed by atoms with Crippen molar-refractivity contribution in [3.8, 4) is 17.2 Å². The van der Waals surface area contributed by atoms with Gasteiger partial charge in [0.25, 0.3) is 0 Å². The van der Waals surface area contributed by atoms with Gasteiger partial charge < -0.3 is 14.5 Å². The lowest BCUT2D eigenvalue weighted by Crippen LogP contribution is -2.41. The lowest BCUT2D eigenvalue weighted by Gasteiger charge is -2.35. The van der Waals surface area contributed by atoms with Crippen LogP contribution in [0.1, 0.15) is 44.1 Å². The number of nitrogens with zero attached hydrogens (tertiary/aromatic N) is 2. The average Bonchev–Trinajstić information content (AvgIpc) is 3.03. The third-order valence-electron chi connectivity index (χ3n) is 5.24. The average molecular weight is 389 g/mol. The lowest BCUT2D eigenvalue weighted by molar-refractivity contribution is -0.119. The fourth-order valence-corrected chi connectivity index (χ4v) is 3.69. The first kappa shape index (κ1) is 20.3. The number of hydrogen-bond acceptors (Lipinski definition) is 5. The van der Waals surface area contributed by atoms with Crippen molar-refractivity contribution in [3.05, 3.63) is 35.5 Å². The summed E-state index contributed by atoms with van der Waals surface area (Å²) in [5.41, 5.74) is 1.58. The van der Waals surface area contributed by atoms with Crippen molar-refractivity contribution in [1.29, 1.82) is 0 Å². The van der Waals surface area contributed by atoms with Gasteiger partial charge in [-0.05, 0) is 50.9 Å². The molecule has 1 aromatic carbocycles. The van der Waals surface area contributed by atoms with Crippen molar-refractivity contribution in [3.63, 3.8) is 0 Å². The summed E-state index contributed by atoms with van der Waals surface area (Å²) in [6, 6.07) is 5.02. The highest BCUT2D eigenvalue weighted by Crippen LogP contribution is 2.29. The Morgan fingerprint density at radius 2 is 2.25 bits per heavy atom. The number of oxazole rings is 1. The van der Waals surface area contributed by atoms with E-state index in [1.165, 1.54) is 19.6 Å². The molecule has 28 heavy (non-hydrogen) atoms. The molecule has 0 spiro atoms. The summed E-state index contributed by atoms with van der Waals surface area (Å²) in [4.78, 5) is 18.2. The number of halogens is 1. The number of carbonyl (C=O) groups excluding carboxylic acids is 1. The number of hydrogen-bond donors (Lipinski definition) is 1. The summed E-state index contributed by atoms with van der Waals surface area (Å²) in [6.07, 6.45) is 4.42. The van der Waals surface area contributed by atoms with E-state index in [9.17, 15) is 9.18 Å². The Kier molecular flexibility index (Phi) is 6.67. The van der Waals surface area contributed by atoms with Crippen molar-refractivity contribution < 1.29 is 18.3 Å². The van der Waals surface area contributed by atoms with Gasteiger partial charge in [0.15, 0.2) is 11.6 Å². The van der Waals surface area contributed by atoms with Gasteiger partial charge in [0.05, 0.1) is 12.8 Å². The monoisotopic (exact) mass is 389 g/mol. The van der Waals surface area contributed by atoms with Crippen LogP contribution in [-0.2, 0) is 11.3 Å². The standard InChI is InChI=1S/C21H28FN3O3/c1-14-19(13-25-11-5-4-6-17(25)9-10-23-15(2)26)24-21(28-14)16-7-8-18(22)20(12-16)27-3/h7-8,12,17H,4-6,9-11,13H2,1-3H3,(H,23,26)/t17-/m1/s1. The topological polar surface area (TPSA) is 67.6 Å². The number of benzene rings is 1. The van der Waals surface area contributed by atoms with E-state index in [-0.39, 0.29) is 11.7 Å². The van der Waals surface area contributed by atoms with Gasteiger partial charge in [-0.25, -0.2) is 9.37 Å². The molecule has 1 fully saturated rings. The Labute approximate surface area is 165 Å². The SMILES string of the molecule is COc1cc(-c2nc(CN3CCCC[C@@H]3CCNC(C)=O)c(C)o2)ccc1F. The number of aryl methyl sites for hydroxylation is 1. The van der Waals surface area contributed by atoms with Crippen molar-refractivity contribution in [1.82, 2.24) is 15.2 Å². The first-order valence-corrected chi connectivity index (χ1v) is 9.76. The third-order valence-corrected chi connectivity index (χ3v) is 5.24. The molecule has 1 N–H and O–H groups in total. The predicted octanol–water partition coefficient (Wildman–Crippen LogP) is 3.68. The number of aromatic nitrogens is 1. The predicted molar refractivity (Wildman–Crippen MR) is 105 cm³/mol. The van der Waals surface area contributed by atoms with E-state index in [1.807, 2.05) is 6.92 Å². The highest BCUT2D eigenvalue weighted by molar-refractivity contribution is 5.72. The Bertz CT molecular complexity index is 821. The van der Waals surface area contributed by atoms with Crippen LogP contribution in [0.5, 0.6) is 5.75 Å². The fourth-order valence-electron chi connectivity index (χ4n) is 3.69. The summed E-state index contributed by atoms with van der Waals surface area (Å²) in [5.74, 6) is 1.00. The molecule has 1 amide bonds. The summed E-state index contributed by atoms with van der Waals surface area (Å²) in [6.45, 7) is 5.86. The highest BCUT2D eigenvalue weighted by Gasteiger charge is 2.24. The Balaban J connectivity index is 1.72. The number of methoxy groups -OCH3 is 1. The molecule has 0 unspecified atom stereocenters. The number of piperidine rings is 1. The molecule has 1 aliphatic heterocycles. The van der Waals surface area contributed by atoms with Crippen LogP contribution < -0.4 is 10.1 Å². The molecular weight excluding hydrogens is 361 g/mol. The van der Waals surface area contributed by atoms with Gasteiger partial charge in [-0.3, -0.25) is 9.69 Å². The quantitative estimate of drug-likeness (QED) is 0.782. The van der Waals surface area contributed by atoms with Crippen molar-refractivity contribution in [2.75, 3.05) is 20.2 Å². The lowest BCUT2D eigenvalue weighted by atomic mass is 9.99. The van der Waals surface area contributed by atoms with Gasteiger partial charge in [0.2, 0.25) is 11.8 Å². The largest absolute Gasteiger partial charge is 0.494 e. The molecule has 152 valence electrons. The molecule has 6 nitrogen and oxygen atoms in total. The second-order valence-corrected chi connectivity index (χ2v) is 7.26. The molecule has 2 heterocycles. The molecule has 2 aromatic rings. The number of likely N-dealkylation sites (tertiary alicyclic amines) is 1. The maximum absolute atomic E-state index is 13.7. The molecule has 0 bridgehead atoms. The molecule has 1 atom stereocenters. The van der Waals surface area contributed by atoms with Gasteiger partial charge >= 0.3 is 0 Å². The molecular formula is C21H28FN3O3. The molecule has 1 saturated heterocycles. The minimum atomic E-state index is -0.412. The van der Waals surface area contributed by atoms with Crippen LogP contribution in [0.4, 0.5) is 4.39 Å². The van der Waals surface area contributed by atoms with E-state index in [2.05, 4.69) is 15.2 Å². The van der Waals surface area contributed by atoms with Gasteiger partial charge in [0, 0.05) is 31.6 Å². The van der Waals surface area contributed by atoms with Crippen molar-refractivity contribution in [2.45, 2.75) is 52.1 Å². The molecule has 0 saturated carbocycles. The zero-order chi connectivity index (χ0) is 20.1. The van der Waals surface area contributed by atoms with E-state index >= 15 is 0 Å². The Morgan fingerprint density at radius 3 is 3.00 bits per heavy atom. The number of nitrogens with one attached hydrogen (secondary N) is 1. The van der Waals surface area contributed by atoms with E-state index in [4.69, 9.17) is 9.15 Å². The number of amides is 1. The number of rotatable bonds is 7. The minimum absolute atomic E-state index is 0.00840. The number of carbonyl (C=O) groups is 1. The molecule has 0 radical (unpaired) electrons. The summed E-state index contributed by atoms with van der Waals surface area (Å²) in [5, 5.41) is 2.89. The zero-order valence-corrected chi connectivity index (χ0v) is 16.8. The van der Waals surface area contributed by atoms with Crippen molar-refractivity contribution >= 4 is 5.91 Å². The van der Waals surface area contributed by atoms with Crippen LogP contribution in [0.3, 0.4) is 0 Å². The number of ether oxygens (including phenoxy) is 1. The normalized spacial score (nSPS) is 17.5. The Morgan fingerprint density at radius 1 is 1.43 bits per heavy atom. The third kappa shape index (κ3) is 4.90. The van der Waals surface area contributed by atoms with E-state index in [0.29, 0.717) is 30.6 Å². The molecule has 1 aromatic heterocycles. The zero-order valence-electron chi connectivity index (χ0n) is 16.8. The van der Waals surface area contributed by atoms with Gasteiger partial charge in [0.1, 0.15) is 5.76 Å². The van der Waals surface area contributed by atoms with Crippen LogP contribution in [-0.4, -0.2) is 42.0 Å². The second kappa shape index (κ2) is 9.19. The van der Waals surface area contributed by atoms with Crippen LogP contribution in [0.25, 0.3) is 11.5 Å². The van der Waals surface area contributed by atoms with E-state index in [0.717, 1.165) is 37.3 Å². The molecule has 7 heteroatoms. The highest BCUT2D eigenvalue weighted by atomic mass is 19.1. The summed E-state index contributed by atoms with van der Waals surface area (Å²) < 4.78 is 24.6. The van der Waals surface area contributed by atoms with Crippen LogP contribution in [0.15, 0.2) is 22.6 Å². The molecule has 3 rings (SSSR count). The van der Waals surface area contributed by atoms with Gasteiger partial charge in [-0.1, -0.05) is 6.42 Å². The molecule has 0 aliphatic carbocycles. The second-order valence-electron chi connectivity index (χ2n) is 7.26. The van der Waals surface area contributed by atoms with E-state index < -0.39 is 5.82 Å². The maximum atomic E-state index is 13.7. The van der Waals surface area contributed by atoms with Gasteiger partial charge in [-0.15, -0.1) is 0 Å². The van der Waals surface area contributed by atoms with Crippen molar-refractivity contribution in [2.24, 2.45) is 0 Å². The first-order chi connectivity index (χ1) is 13.5. The van der Waals surface area contributed by atoms with Crippen LogP contribution in [0, 0.1) is 12.7 Å². The van der Waals surface area contributed by atoms with E-state index in [1.54, 1.807) is 19.1 Å². The summed E-state index contributed by atoms with van der Waals surface area (Å²) >= 11 is 0. The maximum Gasteiger partial charge on any atom is 0.226 e. The minimum Gasteiger partial charge on any atom is -0.494 e.